The van der Waals surface area contributed by atoms with Crippen molar-refractivity contribution >= 4 is 54.4 Å². The minimum atomic E-state index is -2.17. The number of fused-ring (bicyclic) bond motifs is 1. The summed E-state index contributed by atoms with van der Waals surface area (Å²) in [5, 5.41) is 10.7. The number of hydrogen-bond donors (Lipinski definition) is 1. The van der Waals surface area contributed by atoms with Crippen LogP contribution in [0.5, 0.6) is 0 Å². The number of nitrogens with zero attached hydrogens (tertiary/aromatic N) is 4. The highest BCUT2D eigenvalue weighted by atomic mass is 35.5. The second-order valence-electron chi connectivity index (χ2n) is 11.5. The van der Waals surface area contributed by atoms with E-state index in [1.165, 1.54) is 4.90 Å². The lowest BCUT2D eigenvalue weighted by atomic mass is 9.95. The average Bonchev–Trinajstić information content (AvgIpc) is 3.03. The lowest BCUT2D eigenvalue weighted by Gasteiger charge is -2.46. The van der Waals surface area contributed by atoms with Crippen LogP contribution in [-0.4, -0.2) is 77.4 Å². The Hall–Kier alpha value is -1.65. The van der Waals surface area contributed by atoms with Gasteiger partial charge in [-0.25, -0.2) is 9.78 Å². The van der Waals surface area contributed by atoms with Crippen molar-refractivity contribution < 1.29 is 19.1 Å². The molecule has 8 nitrogen and oxygen atoms in total. The Morgan fingerprint density at radius 2 is 1.86 bits per heavy atom. The van der Waals surface area contributed by atoms with E-state index in [-0.39, 0.29) is 29.9 Å². The molecule has 1 aliphatic heterocycles. The highest BCUT2D eigenvalue weighted by Crippen LogP contribution is 2.39. The largest absolute Gasteiger partial charge is 0.465 e. The van der Waals surface area contributed by atoms with E-state index in [2.05, 4.69) is 33.9 Å². The maximum Gasteiger partial charge on any atom is 0.407 e. The number of piperidine rings is 1. The van der Waals surface area contributed by atoms with Gasteiger partial charge >= 0.3 is 6.09 Å². The van der Waals surface area contributed by atoms with Crippen LogP contribution < -0.4 is 0 Å². The van der Waals surface area contributed by atoms with Gasteiger partial charge in [-0.15, -0.1) is 0 Å². The van der Waals surface area contributed by atoms with E-state index in [1.54, 1.807) is 12.1 Å². The minimum Gasteiger partial charge on any atom is -0.465 e. The summed E-state index contributed by atoms with van der Waals surface area (Å²) in [6.07, 6.45) is 0.207. The average molecular weight is 558 g/mol. The molecule has 0 radical (unpaired) electrons. The summed E-state index contributed by atoms with van der Waals surface area (Å²) in [4.78, 5) is 33.7. The number of rotatable bonds is 8. The Labute approximate surface area is 224 Å². The number of aromatic nitrogens is 2. The molecule has 0 unspecified atom stereocenters. The normalized spacial score (nSPS) is 19.3. The zero-order chi connectivity index (χ0) is 27.0. The van der Waals surface area contributed by atoms with E-state index in [4.69, 9.17) is 32.6 Å². The monoisotopic (exact) mass is 556 g/mol. The van der Waals surface area contributed by atoms with Crippen LogP contribution in [0.1, 0.15) is 45.9 Å². The molecule has 0 aliphatic carbocycles. The van der Waals surface area contributed by atoms with Crippen LogP contribution in [0.2, 0.25) is 28.2 Å². The summed E-state index contributed by atoms with van der Waals surface area (Å²) >= 11 is 12.5. The molecular formula is C25H38Cl2N4O4Si. The predicted octanol–water partition coefficient (Wildman–Crippen LogP) is 5.90. The first kappa shape index (κ1) is 28.9. The molecule has 1 aliphatic rings. The van der Waals surface area contributed by atoms with Crippen LogP contribution in [0.25, 0.3) is 11.0 Å². The molecule has 2 aromatic rings. The van der Waals surface area contributed by atoms with Gasteiger partial charge in [0.2, 0.25) is 0 Å². The summed E-state index contributed by atoms with van der Waals surface area (Å²) in [5.41, 5.74) is 1.39. The third-order valence-corrected chi connectivity index (χ3v) is 12.5. The molecule has 1 saturated heterocycles. The third-order valence-electron chi connectivity index (χ3n) is 7.31. The Balaban J connectivity index is 1.91. The van der Waals surface area contributed by atoms with Crippen LogP contribution in [0.3, 0.4) is 0 Å². The van der Waals surface area contributed by atoms with E-state index >= 15 is 0 Å². The van der Waals surface area contributed by atoms with Gasteiger partial charge in [0, 0.05) is 13.0 Å². The fraction of sp³-hybridized carbons (Fsp3) is 0.640. The summed E-state index contributed by atoms with van der Waals surface area (Å²) in [5.74, 6) is 0.636. The Kier molecular flexibility index (Phi) is 8.83. The second kappa shape index (κ2) is 11.0. The Morgan fingerprint density at radius 1 is 1.22 bits per heavy atom. The van der Waals surface area contributed by atoms with Crippen molar-refractivity contribution in [2.24, 2.45) is 0 Å². The van der Waals surface area contributed by atoms with E-state index in [9.17, 15) is 14.7 Å². The summed E-state index contributed by atoms with van der Waals surface area (Å²) < 4.78 is 8.53. The molecule has 0 saturated carbocycles. The topological polar surface area (TPSA) is 87.9 Å². The first-order chi connectivity index (χ1) is 16.6. The minimum absolute atomic E-state index is 0.0234. The molecule has 1 aromatic heterocycles. The molecule has 2 heterocycles. The van der Waals surface area contributed by atoms with E-state index in [0.717, 1.165) is 17.8 Å². The highest BCUT2D eigenvalue weighted by Gasteiger charge is 2.44. The number of carbonyl (C=O) groups excluding carboxylic acids is 1. The Bertz CT molecular complexity index is 1130. The van der Waals surface area contributed by atoms with Crippen molar-refractivity contribution in [1.29, 1.82) is 0 Å². The molecule has 3 rings (SSSR count). The van der Waals surface area contributed by atoms with E-state index in [0.29, 0.717) is 35.1 Å². The van der Waals surface area contributed by atoms with Crippen molar-refractivity contribution in [3.8, 4) is 0 Å². The van der Waals surface area contributed by atoms with Gasteiger partial charge in [-0.1, -0.05) is 44.0 Å². The number of likely N-dealkylation sites (tertiary alicyclic amines) is 1. The Morgan fingerprint density at radius 3 is 2.44 bits per heavy atom. The van der Waals surface area contributed by atoms with Gasteiger partial charge in [-0.3, -0.25) is 4.79 Å². The number of ketones is 1. The number of hydrogen-bond acceptors (Lipinski definition) is 5. The van der Waals surface area contributed by atoms with Crippen LogP contribution >= 0.6 is 23.2 Å². The summed E-state index contributed by atoms with van der Waals surface area (Å²) in [7, 11) is 1.70. The maximum absolute atomic E-state index is 13.5. The highest BCUT2D eigenvalue weighted by molar-refractivity contribution is 6.74. The number of carboxylic acid groups (broad SMARTS) is 1. The summed E-state index contributed by atoms with van der Waals surface area (Å²) in [6.45, 7) is 11.8. The van der Waals surface area contributed by atoms with Crippen LogP contribution in [0.4, 0.5) is 4.79 Å². The molecule has 1 aromatic carbocycles. The van der Waals surface area contributed by atoms with Gasteiger partial charge in [0.15, 0.2) is 14.1 Å². The van der Waals surface area contributed by atoms with Gasteiger partial charge in [-0.05, 0) is 57.2 Å². The van der Waals surface area contributed by atoms with Gasteiger partial charge < -0.3 is 23.9 Å². The lowest BCUT2D eigenvalue weighted by molar-refractivity contribution is -0.122. The molecule has 1 amide bonds. The SMILES string of the molecule is CN(C)Cc1nc2cc(Cl)c(Cl)cc2n1CC(=O)C[C@@H]1[C@@H](O[Si](C)(C)C(C)(C)C)CCCN1C(=O)O. The number of Topliss-reactive ketones (excluding diaryl/α,β-unsaturated/α-hetero) is 1. The summed E-state index contributed by atoms with van der Waals surface area (Å²) in [6, 6.07) is 2.91. The van der Waals surface area contributed by atoms with Gasteiger partial charge in [0.05, 0.1) is 46.3 Å². The number of benzene rings is 1. The standard InChI is InChI=1S/C25H38Cl2N4O4Si/c1-25(2,3)36(6,7)35-22-9-8-10-30(24(33)34)21(22)11-16(32)14-31-20-13-18(27)17(26)12-19(20)28-23(31)15-29(4)5/h12-13,21-22H,8-11,14-15H2,1-7H3,(H,33,34)/t21-,22+/m1/s1. The maximum atomic E-state index is 13.5. The van der Waals surface area contributed by atoms with Crippen molar-refractivity contribution in [3.05, 3.63) is 28.0 Å². The van der Waals surface area contributed by atoms with Crippen molar-refractivity contribution in [1.82, 2.24) is 19.4 Å². The van der Waals surface area contributed by atoms with Crippen molar-refractivity contribution in [2.75, 3.05) is 20.6 Å². The van der Waals surface area contributed by atoms with Crippen molar-refractivity contribution in [3.63, 3.8) is 0 Å². The molecule has 1 fully saturated rings. The van der Waals surface area contributed by atoms with Gasteiger partial charge in [-0.2, -0.15) is 0 Å². The number of imidazole rings is 1. The fourth-order valence-electron chi connectivity index (χ4n) is 4.42. The first-order valence-electron chi connectivity index (χ1n) is 12.3. The lowest BCUT2D eigenvalue weighted by Crippen LogP contribution is -2.56. The van der Waals surface area contributed by atoms with Crippen LogP contribution in [0.15, 0.2) is 12.1 Å². The van der Waals surface area contributed by atoms with Gasteiger partial charge in [0.1, 0.15) is 5.82 Å². The van der Waals surface area contributed by atoms with Crippen LogP contribution in [-0.2, 0) is 22.3 Å². The zero-order valence-corrected chi connectivity index (χ0v) is 24.8. The molecule has 11 heteroatoms. The third kappa shape index (κ3) is 6.42. The number of halogens is 2. The smallest absolute Gasteiger partial charge is 0.407 e. The number of carbonyl (C=O) groups is 2. The number of amides is 1. The van der Waals surface area contributed by atoms with Crippen LogP contribution in [0, 0.1) is 0 Å². The molecule has 36 heavy (non-hydrogen) atoms. The fourth-order valence-corrected chi connectivity index (χ4v) is 6.12. The van der Waals surface area contributed by atoms with Crippen molar-refractivity contribution in [2.45, 2.75) is 83.4 Å². The van der Waals surface area contributed by atoms with E-state index < -0.39 is 20.5 Å². The molecule has 1 N–H and O–H groups in total. The first-order valence-corrected chi connectivity index (χ1v) is 15.9. The molecule has 0 bridgehead atoms. The second-order valence-corrected chi connectivity index (χ2v) is 17.0. The molecule has 2 atom stereocenters. The predicted molar refractivity (Wildman–Crippen MR) is 147 cm³/mol. The molecule has 200 valence electrons. The molecular weight excluding hydrogens is 519 g/mol. The quantitative estimate of drug-likeness (QED) is 0.407. The molecule has 0 spiro atoms. The van der Waals surface area contributed by atoms with Gasteiger partial charge in [0.25, 0.3) is 0 Å². The van der Waals surface area contributed by atoms with E-state index in [1.807, 2.05) is 23.6 Å². The zero-order valence-electron chi connectivity index (χ0n) is 22.3.